The maximum atomic E-state index is 12.5. The highest BCUT2D eigenvalue weighted by Crippen LogP contribution is 2.42. The molecule has 3 N–H and O–H groups in total. The van der Waals surface area contributed by atoms with E-state index < -0.39 is 26.7 Å². The topological polar surface area (TPSA) is 118 Å². The largest absolute Gasteiger partial charge is 0.491 e. The Morgan fingerprint density at radius 2 is 1.96 bits per heavy atom. The average Bonchev–Trinajstić information content (AvgIpc) is 3.33. The van der Waals surface area contributed by atoms with Crippen LogP contribution in [0.1, 0.15) is 42.5 Å². The molecule has 150 valence electrons. The summed E-state index contributed by atoms with van der Waals surface area (Å²) >= 11 is 0. The molecule has 9 heteroatoms. The van der Waals surface area contributed by atoms with Gasteiger partial charge in [0.15, 0.2) is 0 Å². The maximum absolute atomic E-state index is 12.5. The highest BCUT2D eigenvalue weighted by Gasteiger charge is 2.29. The molecule has 1 aliphatic heterocycles. The lowest BCUT2D eigenvalue weighted by molar-refractivity contribution is 0.0779. The first-order valence-electron chi connectivity index (χ1n) is 9.11. The fraction of sp³-hybridized carbons (Fsp3) is 0.421. The lowest BCUT2D eigenvalue weighted by Crippen LogP contribution is -2.34. The number of nitrogens with one attached hydrogen (secondary N) is 2. The number of aliphatic hydroxyl groups is 1. The Hall–Kier alpha value is -2.52. The number of furan rings is 1. The molecule has 0 saturated carbocycles. The van der Waals surface area contributed by atoms with Gasteiger partial charge < -0.3 is 19.6 Å². The summed E-state index contributed by atoms with van der Waals surface area (Å²) in [6.45, 7) is 3.55. The zero-order chi connectivity index (χ0) is 20.1. The molecule has 8 nitrogen and oxygen atoms in total. The van der Waals surface area contributed by atoms with Gasteiger partial charge in [0.05, 0.1) is 24.2 Å². The third-order valence-electron chi connectivity index (χ3n) is 5.06. The summed E-state index contributed by atoms with van der Waals surface area (Å²) in [6, 6.07) is 2.42. The third kappa shape index (κ3) is 3.35. The lowest BCUT2D eigenvalue weighted by atomic mass is 10.0. The first kappa shape index (κ1) is 18.8. The lowest BCUT2D eigenvalue weighted by Gasteiger charge is -2.15. The van der Waals surface area contributed by atoms with Gasteiger partial charge in [-0.1, -0.05) is 6.07 Å². The minimum atomic E-state index is -4.23. The Morgan fingerprint density at radius 1 is 1.18 bits per heavy atom. The van der Waals surface area contributed by atoms with Crippen molar-refractivity contribution in [2.24, 2.45) is 0 Å². The molecule has 2 heterocycles. The highest BCUT2D eigenvalue weighted by molar-refractivity contribution is 7.89. The van der Waals surface area contributed by atoms with Crippen LogP contribution in [0.4, 0.5) is 10.5 Å². The van der Waals surface area contributed by atoms with Crippen molar-refractivity contribution >= 4 is 21.7 Å². The standard InChI is InChI=1S/C19H22N2O6S/c1-19(2,23)13-9-15(27-10-13)28(24,25)21-18(22)20-16-14-5-3-4-11(14)8-12-6-7-26-17(12)16/h8-10,23H,3-7H2,1-2H3,(H2,20,21,22). The molecular formula is C19H22N2O6S. The second-order valence-corrected chi connectivity index (χ2v) is 9.22. The van der Waals surface area contributed by atoms with E-state index in [9.17, 15) is 18.3 Å². The van der Waals surface area contributed by atoms with E-state index in [0.717, 1.165) is 43.1 Å². The molecular weight excluding hydrogens is 384 g/mol. The van der Waals surface area contributed by atoms with Crippen LogP contribution >= 0.6 is 0 Å². The monoisotopic (exact) mass is 406 g/mol. The minimum absolute atomic E-state index is 0.292. The van der Waals surface area contributed by atoms with Crippen LogP contribution in [0.25, 0.3) is 0 Å². The van der Waals surface area contributed by atoms with Crippen molar-refractivity contribution < 1.29 is 27.5 Å². The molecule has 2 aromatic rings. The van der Waals surface area contributed by atoms with E-state index in [0.29, 0.717) is 23.6 Å². The van der Waals surface area contributed by atoms with Crippen LogP contribution in [-0.4, -0.2) is 26.2 Å². The van der Waals surface area contributed by atoms with Crippen molar-refractivity contribution in [3.63, 3.8) is 0 Å². The van der Waals surface area contributed by atoms with Crippen LogP contribution in [0.3, 0.4) is 0 Å². The van der Waals surface area contributed by atoms with Crippen molar-refractivity contribution in [1.29, 1.82) is 0 Å². The van der Waals surface area contributed by atoms with Gasteiger partial charge in [0.25, 0.3) is 10.0 Å². The summed E-state index contributed by atoms with van der Waals surface area (Å²) in [5.74, 6) is 0.621. The van der Waals surface area contributed by atoms with E-state index in [2.05, 4.69) is 11.4 Å². The number of benzene rings is 1. The molecule has 0 radical (unpaired) electrons. The van der Waals surface area contributed by atoms with E-state index in [1.165, 1.54) is 25.5 Å². The van der Waals surface area contributed by atoms with Gasteiger partial charge in [0, 0.05) is 18.1 Å². The van der Waals surface area contributed by atoms with E-state index >= 15 is 0 Å². The van der Waals surface area contributed by atoms with E-state index in [4.69, 9.17) is 9.15 Å². The van der Waals surface area contributed by atoms with Crippen LogP contribution in [0.15, 0.2) is 27.9 Å². The fourth-order valence-corrected chi connectivity index (χ4v) is 4.47. The Labute approximate surface area is 162 Å². The quantitative estimate of drug-likeness (QED) is 0.718. The Balaban J connectivity index is 1.56. The summed E-state index contributed by atoms with van der Waals surface area (Å²) in [5, 5.41) is 12.2. The number of fused-ring (bicyclic) bond motifs is 2. The fourth-order valence-electron chi connectivity index (χ4n) is 3.62. The van der Waals surface area contributed by atoms with Crippen molar-refractivity contribution in [3.05, 3.63) is 40.6 Å². The molecule has 1 aromatic carbocycles. The number of ether oxygens (including phenoxy) is 1. The SMILES string of the molecule is CC(C)(O)c1coc(S(=O)(=O)NC(=O)Nc2c3c(cc4c2OCC4)CCC3)c1. The molecule has 0 unspecified atom stereocenters. The highest BCUT2D eigenvalue weighted by atomic mass is 32.2. The molecule has 0 fully saturated rings. The number of carbonyl (C=O) groups is 1. The number of hydrogen-bond acceptors (Lipinski definition) is 6. The summed E-state index contributed by atoms with van der Waals surface area (Å²) in [7, 11) is -4.23. The first-order valence-corrected chi connectivity index (χ1v) is 10.6. The Kier molecular flexibility index (Phi) is 4.39. The molecule has 0 bridgehead atoms. The molecule has 1 aromatic heterocycles. The number of carbonyl (C=O) groups excluding carboxylic acids is 1. The predicted octanol–water partition coefficient (Wildman–Crippen LogP) is 2.44. The normalized spacial score (nSPS) is 15.7. The summed E-state index contributed by atoms with van der Waals surface area (Å²) in [6.07, 6.45) is 4.64. The van der Waals surface area contributed by atoms with Crippen LogP contribution in [0, 0.1) is 0 Å². The molecule has 0 saturated heterocycles. The van der Waals surface area contributed by atoms with Crippen molar-refractivity contribution in [1.82, 2.24) is 4.72 Å². The third-order valence-corrected chi connectivity index (χ3v) is 6.26. The number of rotatable bonds is 4. The number of urea groups is 1. The van der Waals surface area contributed by atoms with E-state index in [1.54, 1.807) is 0 Å². The van der Waals surface area contributed by atoms with Crippen molar-refractivity contribution in [2.45, 2.75) is 50.2 Å². The van der Waals surface area contributed by atoms with Gasteiger partial charge in [-0.3, -0.25) is 0 Å². The number of aryl methyl sites for hydroxylation is 1. The van der Waals surface area contributed by atoms with E-state index in [-0.39, 0.29) is 0 Å². The summed E-state index contributed by atoms with van der Waals surface area (Å²) < 4.78 is 37.6. The molecule has 4 rings (SSSR count). The van der Waals surface area contributed by atoms with Gasteiger partial charge in [-0.05, 0) is 49.8 Å². The van der Waals surface area contributed by atoms with Gasteiger partial charge in [-0.2, -0.15) is 8.42 Å². The first-order chi connectivity index (χ1) is 13.1. The van der Waals surface area contributed by atoms with Crippen molar-refractivity contribution in [2.75, 3.05) is 11.9 Å². The van der Waals surface area contributed by atoms with Crippen LogP contribution in [0.5, 0.6) is 5.75 Å². The van der Waals surface area contributed by atoms with E-state index in [1.807, 2.05) is 4.72 Å². The van der Waals surface area contributed by atoms with Gasteiger partial charge in [-0.25, -0.2) is 9.52 Å². The van der Waals surface area contributed by atoms with Gasteiger partial charge in [0.2, 0.25) is 5.09 Å². The Bertz CT molecular complexity index is 1020. The van der Waals surface area contributed by atoms with Crippen LogP contribution in [0.2, 0.25) is 0 Å². The van der Waals surface area contributed by atoms with Gasteiger partial charge in [0.1, 0.15) is 5.75 Å². The van der Waals surface area contributed by atoms with Crippen LogP contribution < -0.4 is 14.8 Å². The zero-order valence-electron chi connectivity index (χ0n) is 15.7. The molecule has 2 amide bonds. The number of amides is 2. The molecule has 28 heavy (non-hydrogen) atoms. The minimum Gasteiger partial charge on any atom is -0.491 e. The second-order valence-electron chi connectivity index (χ2n) is 7.60. The van der Waals surface area contributed by atoms with Crippen molar-refractivity contribution in [3.8, 4) is 5.75 Å². The molecule has 2 aliphatic rings. The maximum Gasteiger partial charge on any atom is 0.333 e. The summed E-state index contributed by atoms with van der Waals surface area (Å²) in [5.41, 5.74) is 2.77. The smallest absolute Gasteiger partial charge is 0.333 e. The average molecular weight is 406 g/mol. The van der Waals surface area contributed by atoms with Crippen LogP contribution in [-0.2, 0) is 34.9 Å². The summed E-state index contributed by atoms with van der Waals surface area (Å²) in [4.78, 5) is 12.5. The Morgan fingerprint density at radius 3 is 2.68 bits per heavy atom. The molecule has 1 aliphatic carbocycles. The van der Waals surface area contributed by atoms with Gasteiger partial charge >= 0.3 is 6.03 Å². The molecule has 0 atom stereocenters. The zero-order valence-corrected chi connectivity index (χ0v) is 16.5. The number of anilines is 1. The number of sulfonamides is 1. The molecule has 0 spiro atoms. The predicted molar refractivity (Wildman–Crippen MR) is 101 cm³/mol. The second kappa shape index (κ2) is 6.52. The van der Waals surface area contributed by atoms with Gasteiger partial charge in [-0.15, -0.1) is 0 Å². The number of hydrogen-bond donors (Lipinski definition) is 3.